The molecule has 0 spiro atoms. The Kier molecular flexibility index (Phi) is 9.10. The van der Waals surface area contributed by atoms with Crippen LogP contribution in [0.15, 0.2) is 154 Å². The summed E-state index contributed by atoms with van der Waals surface area (Å²) in [6, 6.07) is 38.7. The molecule has 7 nitrogen and oxygen atoms in total. The molecule has 0 saturated heterocycles. The molecule has 1 unspecified atom stereocenters. The highest BCUT2D eigenvalue weighted by Gasteiger charge is 2.15. The van der Waals surface area contributed by atoms with E-state index in [1.54, 1.807) is 24.5 Å². The van der Waals surface area contributed by atoms with Crippen LogP contribution in [0, 0.1) is 0 Å². The van der Waals surface area contributed by atoms with Crippen LogP contribution in [0.25, 0.3) is 22.5 Å². The molecule has 6 rings (SSSR count). The molecule has 1 atom stereocenters. The Bertz CT molecular complexity index is 1740. The SMILES string of the molecule is Nc1ncc(-c2ccccc2)nc1S(=O)c1ccccc1.Nc1ncc(-c2ccccc2)nc1Sc1ccccc1. The largest absolute Gasteiger partial charge is 0.381 e. The van der Waals surface area contributed by atoms with Gasteiger partial charge in [0.2, 0.25) is 0 Å². The molecule has 0 aliphatic rings. The van der Waals surface area contributed by atoms with Crippen LogP contribution in [0.3, 0.4) is 0 Å². The van der Waals surface area contributed by atoms with Crippen molar-refractivity contribution in [2.24, 2.45) is 0 Å². The molecule has 9 heteroatoms. The first-order chi connectivity index (χ1) is 20.1. The standard InChI is InChI=1S/C16H13N3OS.C16H13N3S/c17-15-16(21(20)13-9-5-2-6-10-13)19-14(11-18-15)12-7-3-1-4-8-12;17-15-16(20-13-9-5-2-6-10-13)19-14(11-18-15)12-7-3-1-4-8-12/h1-11H,(H2,17,18);1-11H,(H2,17,18). The minimum absolute atomic E-state index is 0.192. The van der Waals surface area contributed by atoms with Gasteiger partial charge in [-0.25, -0.2) is 24.1 Å². The maximum absolute atomic E-state index is 12.6. The van der Waals surface area contributed by atoms with Gasteiger partial charge in [0.05, 0.1) is 23.8 Å². The van der Waals surface area contributed by atoms with E-state index in [-0.39, 0.29) is 5.82 Å². The molecule has 0 aliphatic heterocycles. The molecule has 2 heterocycles. The van der Waals surface area contributed by atoms with Gasteiger partial charge in [-0.05, 0) is 24.3 Å². The fraction of sp³-hybridized carbons (Fsp3) is 0. The molecule has 0 aliphatic carbocycles. The van der Waals surface area contributed by atoms with E-state index >= 15 is 0 Å². The van der Waals surface area contributed by atoms with Crippen molar-refractivity contribution in [1.29, 1.82) is 0 Å². The highest BCUT2D eigenvalue weighted by atomic mass is 32.2. The zero-order valence-electron chi connectivity index (χ0n) is 21.9. The van der Waals surface area contributed by atoms with Crippen LogP contribution in [0.2, 0.25) is 0 Å². The lowest BCUT2D eigenvalue weighted by molar-refractivity contribution is 0.680. The fourth-order valence-electron chi connectivity index (χ4n) is 3.73. The highest BCUT2D eigenvalue weighted by Crippen LogP contribution is 2.31. The third-order valence-electron chi connectivity index (χ3n) is 5.76. The lowest BCUT2D eigenvalue weighted by atomic mass is 10.2. The van der Waals surface area contributed by atoms with Crippen molar-refractivity contribution in [3.8, 4) is 22.5 Å². The summed E-state index contributed by atoms with van der Waals surface area (Å²) in [6.45, 7) is 0. The van der Waals surface area contributed by atoms with Gasteiger partial charge in [-0.15, -0.1) is 0 Å². The number of anilines is 2. The number of rotatable bonds is 6. The average Bonchev–Trinajstić information content (AvgIpc) is 3.04. The number of hydrogen-bond acceptors (Lipinski definition) is 8. The van der Waals surface area contributed by atoms with E-state index in [2.05, 4.69) is 19.9 Å². The van der Waals surface area contributed by atoms with Crippen LogP contribution in [-0.2, 0) is 10.8 Å². The first kappa shape index (κ1) is 27.7. The number of benzene rings is 4. The molecular formula is C32H26N6OS2. The van der Waals surface area contributed by atoms with Crippen LogP contribution in [0.1, 0.15) is 0 Å². The summed E-state index contributed by atoms with van der Waals surface area (Å²) in [6.07, 6.45) is 3.30. The fourth-order valence-corrected chi connectivity index (χ4v) is 5.60. The molecule has 0 bridgehead atoms. The smallest absolute Gasteiger partial charge is 0.174 e. The van der Waals surface area contributed by atoms with E-state index in [4.69, 9.17) is 11.5 Å². The van der Waals surface area contributed by atoms with E-state index in [0.29, 0.717) is 21.4 Å². The minimum atomic E-state index is -1.44. The molecule has 0 amide bonds. The molecular weight excluding hydrogens is 549 g/mol. The van der Waals surface area contributed by atoms with E-state index in [0.717, 1.165) is 26.7 Å². The van der Waals surface area contributed by atoms with Crippen molar-refractivity contribution in [2.45, 2.75) is 19.8 Å². The zero-order valence-corrected chi connectivity index (χ0v) is 23.5. The van der Waals surface area contributed by atoms with Gasteiger partial charge >= 0.3 is 0 Å². The van der Waals surface area contributed by atoms with Crippen molar-refractivity contribution in [2.75, 3.05) is 11.5 Å². The lowest BCUT2D eigenvalue weighted by Gasteiger charge is -2.07. The van der Waals surface area contributed by atoms with Crippen LogP contribution in [0.4, 0.5) is 11.6 Å². The second-order valence-electron chi connectivity index (χ2n) is 8.62. The Morgan fingerprint density at radius 2 is 1.02 bits per heavy atom. The first-order valence-corrected chi connectivity index (χ1v) is 14.6. The summed E-state index contributed by atoms with van der Waals surface area (Å²) in [5.41, 5.74) is 15.2. The van der Waals surface area contributed by atoms with Gasteiger partial charge in [0.1, 0.15) is 15.8 Å². The second kappa shape index (κ2) is 13.5. The van der Waals surface area contributed by atoms with Crippen LogP contribution < -0.4 is 11.5 Å². The molecule has 6 aromatic rings. The second-order valence-corrected chi connectivity index (χ2v) is 11.1. The van der Waals surface area contributed by atoms with Crippen molar-refractivity contribution in [1.82, 2.24) is 19.9 Å². The van der Waals surface area contributed by atoms with E-state index in [9.17, 15) is 4.21 Å². The predicted molar refractivity (Wildman–Crippen MR) is 165 cm³/mol. The Morgan fingerprint density at radius 1 is 0.561 bits per heavy atom. The van der Waals surface area contributed by atoms with Gasteiger partial charge in [-0.2, -0.15) is 0 Å². The Balaban J connectivity index is 0.000000165. The number of aromatic nitrogens is 4. The predicted octanol–water partition coefficient (Wildman–Crippen LogP) is 6.77. The summed E-state index contributed by atoms with van der Waals surface area (Å²) in [5.74, 6) is 0.649. The van der Waals surface area contributed by atoms with Gasteiger partial charge in [0, 0.05) is 20.9 Å². The van der Waals surface area contributed by atoms with Crippen molar-refractivity contribution in [3.63, 3.8) is 0 Å². The van der Waals surface area contributed by atoms with Crippen LogP contribution in [0.5, 0.6) is 0 Å². The third-order valence-corrected chi connectivity index (χ3v) is 8.12. The summed E-state index contributed by atoms with van der Waals surface area (Å²) in [4.78, 5) is 19.2. The van der Waals surface area contributed by atoms with Crippen molar-refractivity contribution in [3.05, 3.63) is 134 Å². The molecule has 0 radical (unpaired) electrons. The molecule has 0 fully saturated rings. The topological polar surface area (TPSA) is 121 Å². The monoisotopic (exact) mass is 574 g/mol. The number of nitrogens with zero attached hydrogens (tertiary/aromatic N) is 4. The van der Waals surface area contributed by atoms with E-state index < -0.39 is 10.8 Å². The van der Waals surface area contributed by atoms with Gasteiger partial charge in [-0.1, -0.05) is 109 Å². The van der Waals surface area contributed by atoms with Gasteiger partial charge < -0.3 is 11.5 Å². The van der Waals surface area contributed by atoms with Crippen LogP contribution in [-0.4, -0.2) is 24.1 Å². The minimum Gasteiger partial charge on any atom is -0.381 e. The molecule has 2 aromatic heterocycles. The average molecular weight is 575 g/mol. The Labute approximate surface area is 245 Å². The number of hydrogen-bond donors (Lipinski definition) is 2. The zero-order chi connectivity index (χ0) is 28.4. The Hall–Kier alpha value is -4.86. The lowest BCUT2D eigenvalue weighted by Crippen LogP contribution is -2.05. The summed E-state index contributed by atoms with van der Waals surface area (Å²) < 4.78 is 12.6. The van der Waals surface area contributed by atoms with Crippen molar-refractivity contribution < 1.29 is 4.21 Å². The molecule has 0 saturated carbocycles. The van der Waals surface area contributed by atoms with Gasteiger partial charge in [0.15, 0.2) is 16.7 Å². The molecule has 4 N–H and O–H groups in total. The molecule has 41 heavy (non-hydrogen) atoms. The molecule has 4 aromatic carbocycles. The quantitative estimate of drug-likeness (QED) is 0.224. The maximum atomic E-state index is 12.6. The highest BCUT2D eigenvalue weighted by molar-refractivity contribution is 7.99. The molecule has 202 valence electrons. The first-order valence-electron chi connectivity index (χ1n) is 12.6. The number of nitrogen functional groups attached to an aromatic ring is 2. The van der Waals surface area contributed by atoms with Crippen LogP contribution >= 0.6 is 11.8 Å². The normalized spacial score (nSPS) is 11.2. The third kappa shape index (κ3) is 7.21. The van der Waals surface area contributed by atoms with Crippen molar-refractivity contribution >= 4 is 34.2 Å². The number of nitrogens with two attached hydrogens (primary N) is 2. The Morgan fingerprint density at radius 3 is 1.59 bits per heavy atom. The van der Waals surface area contributed by atoms with Gasteiger partial charge in [-0.3, -0.25) is 0 Å². The van der Waals surface area contributed by atoms with E-state index in [1.807, 2.05) is 109 Å². The van der Waals surface area contributed by atoms with E-state index in [1.165, 1.54) is 11.8 Å². The van der Waals surface area contributed by atoms with Gasteiger partial charge in [0.25, 0.3) is 0 Å². The summed E-state index contributed by atoms with van der Waals surface area (Å²) in [5, 5.41) is 1.03. The maximum Gasteiger partial charge on any atom is 0.174 e. The summed E-state index contributed by atoms with van der Waals surface area (Å²) in [7, 11) is -1.44. The summed E-state index contributed by atoms with van der Waals surface area (Å²) >= 11 is 1.52.